The fourth-order valence-electron chi connectivity index (χ4n) is 3.31. The van der Waals surface area contributed by atoms with Crippen molar-refractivity contribution in [3.63, 3.8) is 0 Å². The highest BCUT2D eigenvalue weighted by molar-refractivity contribution is 5.87. The third-order valence-electron chi connectivity index (χ3n) is 4.48. The van der Waals surface area contributed by atoms with Crippen molar-refractivity contribution in [2.45, 2.75) is 58.1 Å². The third kappa shape index (κ3) is 4.61. The normalized spacial score (nSPS) is 25.4. The van der Waals surface area contributed by atoms with E-state index in [4.69, 9.17) is 9.47 Å². The molecule has 2 saturated heterocycles. The second kappa shape index (κ2) is 7.40. The van der Waals surface area contributed by atoms with Crippen LogP contribution in [0.1, 0.15) is 46.5 Å². The van der Waals surface area contributed by atoms with E-state index in [2.05, 4.69) is 0 Å². The zero-order chi connectivity index (χ0) is 17.9. The SMILES string of the molecule is COC(=O)C1CC(=O)N(C2CCCN(C(=O)OC(C)(C)C)CC2)C1. The molecule has 136 valence electrons. The lowest BCUT2D eigenvalue weighted by Crippen LogP contribution is -2.40. The van der Waals surface area contributed by atoms with Crippen molar-refractivity contribution in [2.75, 3.05) is 26.7 Å². The van der Waals surface area contributed by atoms with Crippen molar-refractivity contribution in [3.05, 3.63) is 0 Å². The summed E-state index contributed by atoms with van der Waals surface area (Å²) in [4.78, 5) is 39.6. The number of hydrogen-bond acceptors (Lipinski definition) is 5. The molecule has 0 spiro atoms. The number of amides is 2. The Bertz CT molecular complexity index is 500. The Labute approximate surface area is 143 Å². The fourth-order valence-corrected chi connectivity index (χ4v) is 3.31. The number of carbonyl (C=O) groups excluding carboxylic acids is 3. The quantitative estimate of drug-likeness (QED) is 0.717. The average Bonchev–Trinajstić information content (AvgIpc) is 2.72. The minimum absolute atomic E-state index is 0.00104. The number of rotatable bonds is 2. The summed E-state index contributed by atoms with van der Waals surface area (Å²) >= 11 is 0. The number of esters is 1. The number of nitrogens with zero attached hydrogens (tertiary/aromatic N) is 2. The summed E-state index contributed by atoms with van der Waals surface area (Å²) in [5.74, 6) is -0.691. The zero-order valence-electron chi connectivity index (χ0n) is 15.0. The lowest BCUT2D eigenvalue weighted by atomic mass is 10.1. The van der Waals surface area contributed by atoms with Gasteiger partial charge in [0.25, 0.3) is 0 Å². The molecule has 0 aromatic heterocycles. The Kier molecular flexibility index (Phi) is 5.72. The molecular weight excluding hydrogens is 312 g/mol. The van der Waals surface area contributed by atoms with Gasteiger partial charge in [-0.1, -0.05) is 0 Å². The van der Waals surface area contributed by atoms with Crippen LogP contribution >= 0.6 is 0 Å². The molecule has 2 unspecified atom stereocenters. The van der Waals surface area contributed by atoms with Crippen molar-refractivity contribution < 1.29 is 23.9 Å². The van der Waals surface area contributed by atoms with Crippen molar-refractivity contribution >= 4 is 18.0 Å². The Morgan fingerprint density at radius 1 is 1.17 bits per heavy atom. The average molecular weight is 340 g/mol. The molecule has 2 aliphatic rings. The summed E-state index contributed by atoms with van der Waals surface area (Å²) in [6.45, 7) is 7.16. The van der Waals surface area contributed by atoms with Gasteiger partial charge < -0.3 is 19.3 Å². The van der Waals surface area contributed by atoms with Gasteiger partial charge in [0, 0.05) is 32.1 Å². The number of methoxy groups -OCH3 is 1. The van der Waals surface area contributed by atoms with Gasteiger partial charge in [0.05, 0.1) is 13.0 Å². The summed E-state index contributed by atoms with van der Waals surface area (Å²) in [6.07, 6.45) is 2.27. The Hall–Kier alpha value is -1.79. The highest BCUT2D eigenvalue weighted by Gasteiger charge is 2.39. The second-order valence-corrected chi connectivity index (χ2v) is 7.52. The van der Waals surface area contributed by atoms with Gasteiger partial charge in [0.15, 0.2) is 0 Å². The first-order valence-corrected chi connectivity index (χ1v) is 8.56. The smallest absolute Gasteiger partial charge is 0.410 e. The van der Waals surface area contributed by atoms with E-state index >= 15 is 0 Å². The summed E-state index contributed by atoms with van der Waals surface area (Å²) in [6, 6.07) is 0.0691. The second-order valence-electron chi connectivity index (χ2n) is 7.52. The molecule has 2 rings (SSSR count). The number of ether oxygens (including phenoxy) is 2. The molecule has 0 N–H and O–H groups in total. The molecule has 2 aliphatic heterocycles. The Morgan fingerprint density at radius 2 is 1.88 bits per heavy atom. The highest BCUT2D eigenvalue weighted by atomic mass is 16.6. The van der Waals surface area contributed by atoms with Gasteiger partial charge in [-0.15, -0.1) is 0 Å². The molecule has 0 aromatic carbocycles. The molecular formula is C17H28N2O5. The van der Waals surface area contributed by atoms with Gasteiger partial charge in [-0.05, 0) is 40.0 Å². The third-order valence-corrected chi connectivity index (χ3v) is 4.48. The Morgan fingerprint density at radius 3 is 2.50 bits per heavy atom. The highest BCUT2D eigenvalue weighted by Crippen LogP contribution is 2.26. The minimum atomic E-state index is -0.512. The van der Waals surface area contributed by atoms with Crippen LogP contribution in [0.3, 0.4) is 0 Å². The van der Waals surface area contributed by atoms with E-state index in [9.17, 15) is 14.4 Å². The largest absolute Gasteiger partial charge is 0.469 e. The standard InChI is InChI=1S/C17H28N2O5/c1-17(2,3)24-16(22)18-8-5-6-13(7-9-18)19-11-12(10-14(19)20)15(21)23-4/h12-13H,5-11H2,1-4H3. The van der Waals surface area contributed by atoms with E-state index in [1.165, 1.54) is 7.11 Å². The molecule has 0 radical (unpaired) electrons. The summed E-state index contributed by atoms with van der Waals surface area (Å²) in [5.41, 5.74) is -0.512. The van der Waals surface area contributed by atoms with Crippen LogP contribution in [0.4, 0.5) is 4.79 Å². The molecule has 2 atom stereocenters. The van der Waals surface area contributed by atoms with Crippen LogP contribution in [0, 0.1) is 5.92 Å². The van der Waals surface area contributed by atoms with Crippen LogP contribution in [0.15, 0.2) is 0 Å². The van der Waals surface area contributed by atoms with Gasteiger partial charge in [-0.2, -0.15) is 0 Å². The van der Waals surface area contributed by atoms with Crippen molar-refractivity contribution in [1.29, 1.82) is 0 Å². The molecule has 2 fully saturated rings. The molecule has 24 heavy (non-hydrogen) atoms. The molecule has 0 aliphatic carbocycles. The van der Waals surface area contributed by atoms with Crippen LogP contribution in [0.2, 0.25) is 0 Å². The first kappa shape index (κ1) is 18.5. The van der Waals surface area contributed by atoms with Crippen molar-refractivity contribution in [1.82, 2.24) is 9.80 Å². The molecule has 7 nitrogen and oxygen atoms in total. The molecule has 0 aromatic rings. The first-order valence-electron chi connectivity index (χ1n) is 8.56. The van der Waals surface area contributed by atoms with Crippen LogP contribution in [-0.2, 0) is 19.1 Å². The molecule has 7 heteroatoms. The van der Waals surface area contributed by atoms with Crippen molar-refractivity contribution in [2.24, 2.45) is 5.92 Å². The molecule has 0 bridgehead atoms. The first-order chi connectivity index (χ1) is 11.2. The maximum absolute atomic E-state index is 12.2. The van der Waals surface area contributed by atoms with Crippen LogP contribution in [0.25, 0.3) is 0 Å². The van der Waals surface area contributed by atoms with Crippen molar-refractivity contribution in [3.8, 4) is 0 Å². The molecule has 2 amide bonds. The van der Waals surface area contributed by atoms with Crippen LogP contribution in [0.5, 0.6) is 0 Å². The van der Waals surface area contributed by atoms with Crippen LogP contribution in [-0.4, -0.2) is 66.2 Å². The monoisotopic (exact) mass is 340 g/mol. The topological polar surface area (TPSA) is 76.2 Å². The number of likely N-dealkylation sites (tertiary alicyclic amines) is 2. The van der Waals surface area contributed by atoms with Gasteiger partial charge in [0.1, 0.15) is 5.60 Å². The predicted octanol–water partition coefficient (Wildman–Crippen LogP) is 1.80. The maximum atomic E-state index is 12.2. The predicted molar refractivity (Wildman–Crippen MR) is 87.3 cm³/mol. The van der Waals surface area contributed by atoms with Crippen LogP contribution < -0.4 is 0 Å². The summed E-state index contributed by atoms with van der Waals surface area (Å²) < 4.78 is 10.2. The number of carbonyl (C=O) groups is 3. The fraction of sp³-hybridized carbons (Fsp3) is 0.824. The van der Waals surface area contributed by atoms with E-state index in [-0.39, 0.29) is 36.4 Å². The van der Waals surface area contributed by atoms with E-state index in [1.54, 1.807) is 9.80 Å². The van der Waals surface area contributed by atoms with Gasteiger partial charge >= 0.3 is 12.1 Å². The Balaban J connectivity index is 1.92. The minimum Gasteiger partial charge on any atom is -0.469 e. The van der Waals surface area contributed by atoms with E-state index in [1.807, 2.05) is 20.8 Å². The zero-order valence-corrected chi connectivity index (χ0v) is 15.0. The maximum Gasteiger partial charge on any atom is 0.410 e. The lowest BCUT2D eigenvalue weighted by Gasteiger charge is -2.28. The summed E-state index contributed by atoms with van der Waals surface area (Å²) in [5, 5.41) is 0. The van der Waals surface area contributed by atoms with E-state index in [0.717, 1.165) is 12.8 Å². The van der Waals surface area contributed by atoms with Gasteiger partial charge in [-0.3, -0.25) is 9.59 Å². The number of hydrogen-bond donors (Lipinski definition) is 0. The molecule has 2 heterocycles. The van der Waals surface area contributed by atoms with E-state index in [0.29, 0.717) is 26.1 Å². The van der Waals surface area contributed by atoms with Gasteiger partial charge in [-0.25, -0.2) is 4.79 Å². The lowest BCUT2D eigenvalue weighted by molar-refractivity contribution is -0.145. The summed E-state index contributed by atoms with van der Waals surface area (Å²) in [7, 11) is 1.35. The van der Waals surface area contributed by atoms with Gasteiger partial charge in [0.2, 0.25) is 5.91 Å². The molecule has 0 saturated carbocycles. The van der Waals surface area contributed by atoms with E-state index < -0.39 is 5.60 Å².